The lowest BCUT2D eigenvalue weighted by atomic mass is 10.2. The van der Waals surface area contributed by atoms with Crippen LogP contribution in [0.25, 0.3) is 0 Å². The molecule has 0 unspecified atom stereocenters. The summed E-state index contributed by atoms with van der Waals surface area (Å²) < 4.78 is 0. The predicted molar refractivity (Wildman–Crippen MR) is 31.5 cm³/mol. The largest absolute Gasteiger partial charge is 0.289 e. The topological polar surface area (TPSA) is 23.5 Å². The average Bonchev–Trinajstić information content (AvgIpc) is 1.98. The van der Waals surface area contributed by atoms with E-state index in [1.165, 1.54) is 10.6 Å². The van der Waals surface area contributed by atoms with Crippen molar-refractivity contribution in [3.05, 3.63) is 11.3 Å². The fraction of sp³-hybridized carbons (Fsp3) is 0.667. The second kappa shape index (κ2) is 1.78. The summed E-state index contributed by atoms with van der Waals surface area (Å²) in [6, 6.07) is 0. The van der Waals surface area contributed by atoms with Crippen LogP contribution in [0.1, 0.15) is 20.3 Å². The molecule has 0 saturated carbocycles. The standard InChI is InChI=1S/C6H11NO/c1-5-3-4-7(8)6(5)2/h8H,3-4H2,1-2H3. The van der Waals surface area contributed by atoms with Crippen LogP contribution in [0.3, 0.4) is 0 Å². The molecule has 0 aliphatic carbocycles. The number of hydrogen-bond donors (Lipinski definition) is 1. The summed E-state index contributed by atoms with van der Waals surface area (Å²) in [6.07, 6.45) is 1.02. The highest BCUT2D eigenvalue weighted by molar-refractivity contribution is 5.12. The Labute approximate surface area is 49.4 Å². The molecule has 2 heteroatoms. The first kappa shape index (κ1) is 5.63. The molecule has 0 aromatic carbocycles. The van der Waals surface area contributed by atoms with Crippen molar-refractivity contribution in [1.82, 2.24) is 5.06 Å². The summed E-state index contributed by atoms with van der Waals surface area (Å²) in [5.74, 6) is 0. The number of rotatable bonds is 0. The fourth-order valence-corrected chi connectivity index (χ4v) is 0.843. The molecule has 0 radical (unpaired) electrons. The van der Waals surface area contributed by atoms with Gasteiger partial charge in [0.15, 0.2) is 0 Å². The van der Waals surface area contributed by atoms with Gasteiger partial charge in [0.2, 0.25) is 0 Å². The van der Waals surface area contributed by atoms with Crippen LogP contribution in [0.2, 0.25) is 0 Å². The van der Waals surface area contributed by atoms with Crippen molar-refractivity contribution in [3.8, 4) is 0 Å². The monoisotopic (exact) mass is 113 g/mol. The highest BCUT2D eigenvalue weighted by Crippen LogP contribution is 2.18. The van der Waals surface area contributed by atoms with Crippen molar-refractivity contribution >= 4 is 0 Å². The van der Waals surface area contributed by atoms with Crippen LogP contribution in [0.5, 0.6) is 0 Å². The van der Waals surface area contributed by atoms with E-state index < -0.39 is 0 Å². The lowest BCUT2D eigenvalue weighted by Crippen LogP contribution is -2.11. The van der Waals surface area contributed by atoms with Crippen LogP contribution in [0, 0.1) is 0 Å². The molecule has 0 bridgehead atoms. The van der Waals surface area contributed by atoms with Gasteiger partial charge in [-0.15, -0.1) is 0 Å². The second-order valence-corrected chi connectivity index (χ2v) is 2.24. The van der Waals surface area contributed by atoms with Crippen LogP contribution in [-0.2, 0) is 0 Å². The molecule has 1 rings (SSSR count). The normalized spacial score (nSPS) is 20.6. The molecule has 8 heavy (non-hydrogen) atoms. The van der Waals surface area contributed by atoms with Gasteiger partial charge in [-0.3, -0.25) is 10.3 Å². The van der Waals surface area contributed by atoms with E-state index in [-0.39, 0.29) is 0 Å². The summed E-state index contributed by atoms with van der Waals surface area (Å²) >= 11 is 0. The molecule has 46 valence electrons. The Balaban J connectivity index is 2.71. The summed E-state index contributed by atoms with van der Waals surface area (Å²) in [5.41, 5.74) is 2.32. The van der Waals surface area contributed by atoms with Crippen molar-refractivity contribution in [2.24, 2.45) is 0 Å². The van der Waals surface area contributed by atoms with Crippen molar-refractivity contribution in [3.63, 3.8) is 0 Å². The minimum atomic E-state index is 0.775. The van der Waals surface area contributed by atoms with Gasteiger partial charge < -0.3 is 0 Å². The van der Waals surface area contributed by atoms with E-state index >= 15 is 0 Å². The zero-order chi connectivity index (χ0) is 6.15. The van der Waals surface area contributed by atoms with Crippen LogP contribution in [-0.4, -0.2) is 16.8 Å². The zero-order valence-corrected chi connectivity index (χ0v) is 5.31. The van der Waals surface area contributed by atoms with Gasteiger partial charge in [0, 0.05) is 12.2 Å². The molecule has 2 nitrogen and oxygen atoms in total. The quantitative estimate of drug-likeness (QED) is 0.513. The van der Waals surface area contributed by atoms with Crippen molar-refractivity contribution in [1.29, 1.82) is 0 Å². The second-order valence-electron chi connectivity index (χ2n) is 2.24. The van der Waals surface area contributed by atoms with Crippen molar-refractivity contribution in [2.45, 2.75) is 20.3 Å². The SMILES string of the molecule is CC1=C(C)N(O)CC1. The molecule has 1 aliphatic rings. The lowest BCUT2D eigenvalue weighted by Gasteiger charge is -2.08. The van der Waals surface area contributed by atoms with Gasteiger partial charge in [-0.25, -0.2) is 0 Å². The van der Waals surface area contributed by atoms with Gasteiger partial charge >= 0.3 is 0 Å². The van der Waals surface area contributed by atoms with Crippen molar-refractivity contribution < 1.29 is 5.21 Å². The van der Waals surface area contributed by atoms with Gasteiger partial charge in [0.25, 0.3) is 0 Å². The molecule has 1 aliphatic heterocycles. The van der Waals surface area contributed by atoms with E-state index in [1.807, 2.05) is 13.8 Å². The predicted octanol–water partition coefficient (Wildman–Crippen LogP) is 1.38. The third-order valence-corrected chi connectivity index (χ3v) is 1.70. The number of allylic oxidation sites excluding steroid dienone is 1. The highest BCUT2D eigenvalue weighted by atomic mass is 16.5. The average molecular weight is 113 g/mol. The Hall–Kier alpha value is -0.500. The lowest BCUT2D eigenvalue weighted by molar-refractivity contribution is -0.0444. The van der Waals surface area contributed by atoms with Crippen molar-refractivity contribution in [2.75, 3.05) is 6.54 Å². The van der Waals surface area contributed by atoms with Gasteiger partial charge in [0.05, 0.1) is 0 Å². The molecule has 0 spiro atoms. The Kier molecular flexibility index (Phi) is 1.26. The van der Waals surface area contributed by atoms with E-state index in [0.717, 1.165) is 18.7 Å². The van der Waals surface area contributed by atoms with Gasteiger partial charge in [-0.1, -0.05) is 5.57 Å². The first-order valence-electron chi connectivity index (χ1n) is 2.84. The first-order valence-corrected chi connectivity index (χ1v) is 2.84. The van der Waals surface area contributed by atoms with Gasteiger partial charge in [0.1, 0.15) is 0 Å². The van der Waals surface area contributed by atoms with E-state index in [2.05, 4.69) is 0 Å². The Morgan fingerprint density at radius 1 is 1.50 bits per heavy atom. The van der Waals surface area contributed by atoms with Crippen LogP contribution < -0.4 is 0 Å². The van der Waals surface area contributed by atoms with E-state index in [9.17, 15) is 0 Å². The molecule has 0 saturated heterocycles. The first-order chi connectivity index (χ1) is 3.72. The van der Waals surface area contributed by atoms with Crippen LogP contribution in [0.4, 0.5) is 0 Å². The summed E-state index contributed by atoms with van der Waals surface area (Å²) in [6.45, 7) is 4.76. The Morgan fingerprint density at radius 3 is 2.25 bits per heavy atom. The molecular formula is C6H11NO. The summed E-state index contributed by atoms with van der Waals surface area (Å²) in [4.78, 5) is 0. The van der Waals surface area contributed by atoms with Crippen LogP contribution >= 0.6 is 0 Å². The number of hydroxylamine groups is 2. The zero-order valence-electron chi connectivity index (χ0n) is 5.31. The molecule has 0 aromatic rings. The van der Waals surface area contributed by atoms with E-state index in [1.54, 1.807) is 0 Å². The maximum Gasteiger partial charge on any atom is 0.0487 e. The molecule has 0 fully saturated rings. The molecular weight excluding hydrogens is 102 g/mol. The fourth-order valence-electron chi connectivity index (χ4n) is 0.843. The third kappa shape index (κ3) is 0.713. The highest BCUT2D eigenvalue weighted by Gasteiger charge is 2.11. The maximum atomic E-state index is 8.94. The van der Waals surface area contributed by atoms with E-state index in [0.29, 0.717) is 0 Å². The minimum absolute atomic E-state index is 0.775. The Morgan fingerprint density at radius 2 is 2.12 bits per heavy atom. The molecule has 1 heterocycles. The summed E-state index contributed by atoms with van der Waals surface area (Å²) in [5, 5.41) is 10.2. The van der Waals surface area contributed by atoms with Crippen LogP contribution in [0.15, 0.2) is 11.3 Å². The minimum Gasteiger partial charge on any atom is -0.289 e. The molecule has 0 atom stereocenters. The summed E-state index contributed by atoms with van der Waals surface area (Å²) in [7, 11) is 0. The molecule has 1 N–H and O–H groups in total. The number of nitrogens with zero attached hydrogens (tertiary/aromatic N) is 1. The maximum absolute atomic E-state index is 8.94. The molecule has 0 aromatic heterocycles. The molecule has 0 amide bonds. The van der Waals surface area contributed by atoms with E-state index in [4.69, 9.17) is 5.21 Å². The van der Waals surface area contributed by atoms with Gasteiger partial charge in [-0.05, 0) is 20.3 Å². The van der Waals surface area contributed by atoms with Gasteiger partial charge in [-0.2, -0.15) is 0 Å². The number of hydrogen-bond acceptors (Lipinski definition) is 2. The Bertz CT molecular complexity index is 128. The smallest absolute Gasteiger partial charge is 0.0487 e. The third-order valence-electron chi connectivity index (χ3n) is 1.70.